The van der Waals surface area contributed by atoms with E-state index in [1.54, 1.807) is 11.8 Å². The molecule has 0 saturated carbocycles. The van der Waals surface area contributed by atoms with Crippen molar-refractivity contribution in [2.75, 3.05) is 5.75 Å². The highest BCUT2D eigenvalue weighted by Gasteiger charge is 2.22. The first kappa shape index (κ1) is 14.0. The Labute approximate surface area is 127 Å². The largest absolute Gasteiger partial charge is 0.324 e. The third-order valence-electron chi connectivity index (χ3n) is 3.40. The number of aromatic nitrogens is 3. The summed E-state index contributed by atoms with van der Waals surface area (Å²) in [6.07, 6.45) is 1.15. The molecule has 1 unspecified atom stereocenters. The lowest BCUT2D eigenvalue weighted by Crippen LogP contribution is -2.09. The number of thioether (sulfide) groups is 2. The van der Waals surface area contributed by atoms with Crippen LogP contribution in [0.3, 0.4) is 0 Å². The molecule has 106 valence electrons. The van der Waals surface area contributed by atoms with Crippen molar-refractivity contribution in [1.29, 1.82) is 0 Å². The van der Waals surface area contributed by atoms with Gasteiger partial charge in [0.1, 0.15) is 5.82 Å². The number of benzene rings is 1. The zero-order valence-electron chi connectivity index (χ0n) is 11.5. The summed E-state index contributed by atoms with van der Waals surface area (Å²) in [6, 6.07) is 8.68. The molecule has 0 saturated heterocycles. The van der Waals surface area contributed by atoms with Crippen molar-refractivity contribution in [3.05, 3.63) is 35.7 Å². The molecule has 0 fully saturated rings. The van der Waals surface area contributed by atoms with Crippen molar-refractivity contribution in [3.8, 4) is 0 Å². The first-order chi connectivity index (χ1) is 9.81. The van der Waals surface area contributed by atoms with Crippen LogP contribution < -0.4 is 5.73 Å². The van der Waals surface area contributed by atoms with Gasteiger partial charge in [-0.2, -0.15) is 0 Å². The number of fused-ring (bicyclic) bond motifs is 1. The van der Waals surface area contributed by atoms with Crippen LogP contribution in [0.5, 0.6) is 0 Å². The third kappa shape index (κ3) is 2.73. The summed E-state index contributed by atoms with van der Waals surface area (Å²) in [5.74, 6) is 1.93. The molecule has 0 amide bonds. The number of nitrogens with two attached hydrogens (primary N) is 1. The minimum atomic E-state index is 0.449. The fourth-order valence-corrected chi connectivity index (χ4v) is 4.91. The molecule has 1 atom stereocenters. The fraction of sp³-hybridized carbons (Fsp3) is 0.429. The summed E-state index contributed by atoms with van der Waals surface area (Å²) in [5.41, 5.74) is 7.15. The van der Waals surface area contributed by atoms with Crippen LogP contribution in [0, 0.1) is 0 Å². The molecule has 2 aromatic rings. The van der Waals surface area contributed by atoms with E-state index < -0.39 is 0 Å². The summed E-state index contributed by atoms with van der Waals surface area (Å²) in [4.78, 5) is 1.43. The topological polar surface area (TPSA) is 56.7 Å². The SMILES string of the molecule is CCn1c(CN)nnc1SCC1Cc2ccccc2S1. The Morgan fingerprint density at radius 2 is 2.25 bits per heavy atom. The van der Waals surface area contributed by atoms with E-state index in [9.17, 15) is 0 Å². The highest BCUT2D eigenvalue weighted by atomic mass is 32.2. The molecule has 20 heavy (non-hydrogen) atoms. The monoisotopic (exact) mass is 306 g/mol. The van der Waals surface area contributed by atoms with Crippen LogP contribution in [0.4, 0.5) is 0 Å². The zero-order chi connectivity index (χ0) is 13.9. The van der Waals surface area contributed by atoms with Crippen molar-refractivity contribution in [2.24, 2.45) is 5.73 Å². The highest BCUT2D eigenvalue weighted by molar-refractivity contribution is 8.03. The van der Waals surface area contributed by atoms with Crippen molar-refractivity contribution < 1.29 is 0 Å². The average molecular weight is 306 g/mol. The Hall–Kier alpha value is -0.980. The Bertz CT molecular complexity index is 572. The second-order valence-electron chi connectivity index (χ2n) is 4.71. The van der Waals surface area contributed by atoms with Crippen molar-refractivity contribution in [3.63, 3.8) is 0 Å². The molecule has 2 heterocycles. The van der Waals surface area contributed by atoms with Crippen LogP contribution in [0.25, 0.3) is 0 Å². The van der Waals surface area contributed by atoms with E-state index in [1.165, 1.54) is 10.5 Å². The van der Waals surface area contributed by atoms with Crippen LogP contribution in [-0.2, 0) is 19.5 Å². The molecule has 0 bridgehead atoms. The molecule has 4 nitrogen and oxygen atoms in total. The van der Waals surface area contributed by atoms with Gasteiger partial charge in [0, 0.05) is 22.4 Å². The molecule has 2 N–H and O–H groups in total. The Morgan fingerprint density at radius 3 is 3.00 bits per heavy atom. The van der Waals surface area contributed by atoms with E-state index >= 15 is 0 Å². The number of rotatable bonds is 5. The quantitative estimate of drug-likeness (QED) is 0.860. The minimum absolute atomic E-state index is 0.449. The Balaban J connectivity index is 1.63. The zero-order valence-corrected chi connectivity index (χ0v) is 13.1. The summed E-state index contributed by atoms with van der Waals surface area (Å²) in [5, 5.41) is 10.0. The predicted octanol–water partition coefficient (Wildman–Crippen LogP) is 2.57. The molecule has 1 aromatic carbocycles. The van der Waals surface area contributed by atoms with Crippen LogP contribution in [-0.4, -0.2) is 25.8 Å². The second-order valence-corrected chi connectivity index (χ2v) is 7.04. The Morgan fingerprint density at radius 1 is 1.40 bits per heavy atom. The van der Waals surface area contributed by atoms with E-state index in [-0.39, 0.29) is 0 Å². The average Bonchev–Trinajstić information content (AvgIpc) is 3.07. The minimum Gasteiger partial charge on any atom is -0.324 e. The highest BCUT2D eigenvalue weighted by Crippen LogP contribution is 2.38. The van der Waals surface area contributed by atoms with Gasteiger partial charge in [0.2, 0.25) is 0 Å². The number of hydrogen-bond donors (Lipinski definition) is 1. The van der Waals surface area contributed by atoms with Crippen LogP contribution in [0.2, 0.25) is 0 Å². The van der Waals surface area contributed by atoms with E-state index in [4.69, 9.17) is 5.73 Å². The summed E-state index contributed by atoms with van der Waals surface area (Å²) < 4.78 is 2.11. The van der Waals surface area contributed by atoms with Gasteiger partial charge in [0.15, 0.2) is 5.16 Å². The van der Waals surface area contributed by atoms with Gasteiger partial charge in [-0.1, -0.05) is 30.0 Å². The van der Waals surface area contributed by atoms with Gasteiger partial charge in [-0.3, -0.25) is 0 Å². The standard InChI is InChI=1S/C14H18N4S2/c1-2-18-13(8-15)16-17-14(18)19-9-11-7-10-5-3-4-6-12(10)20-11/h3-6,11H,2,7-9,15H2,1H3. The van der Waals surface area contributed by atoms with Gasteiger partial charge in [-0.25, -0.2) is 0 Å². The third-order valence-corrected chi connectivity index (χ3v) is 6.06. The molecule has 0 radical (unpaired) electrons. The molecule has 1 aromatic heterocycles. The fourth-order valence-electron chi connectivity index (χ4n) is 2.41. The first-order valence-corrected chi connectivity index (χ1v) is 8.67. The number of nitrogens with zero attached hydrogens (tertiary/aromatic N) is 3. The molecule has 1 aliphatic heterocycles. The van der Waals surface area contributed by atoms with E-state index in [0.717, 1.165) is 29.7 Å². The molecule has 0 spiro atoms. The maximum Gasteiger partial charge on any atom is 0.191 e. The van der Waals surface area contributed by atoms with E-state index in [0.29, 0.717) is 11.8 Å². The van der Waals surface area contributed by atoms with Gasteiger partial charge in [-0.15, -0.1) is 22.0 Å². The molecule has 0 aliphatic carbocycles. The van der Waals surface area contributed by atoms with Crippen molar-refractivity contribution in [2.45, 2.75) is 41.7 Å². The van der Waals surface area contributed by atoms with Crippen molar-refractivity contribution >= 4 is 23.5 Å². The predicted molar refractivity (Wildman–Crippen MR) is 84.1 cm³/mol. The lowest BCUT2D eigenvalue weighted by atomic mass is 10.1. The molecule has 3 rings (SSSR count). The summed E-state index contributed by atoms with van der Waals surface area (Å²) in [6.45, 7) is 3.43. The lowest BCUT2D eigenvalue weighted by molar-refractivity contribution is 0.643. The summed E-state index contributed by atoms with van der Waals surface area (Å²) >= 11 is 3.77. The lowest BCUT2D eigenvalue weighted by Gasteiger charge is -2.09. The van der Waals surface area contributed by atoms with E-state index in [1.807, 2.05) is 11.8 Å². The van der Waals surface area contributed by atoms with Crippen LogP contribution >= 0.6 is 23.5 Å². The molecular formula is C14H18N4S2. The van der Waals surface area contributed by atoms with Crippen LogP contribution in [0.15, 0.2) is 34.3 Å². The van der Waals surface area contributed by atoms with Gasteiger partial charge >= 0.3 is 0 Å². The summed E-state index contributed by atoms with van der Waals surface area (Å²) in [7, 11) is 0. The van der Waals surface area contributed by atoms with E-state index in [2.05, 4.69) is 46.0 Å². The molecular weight excluding hydrogens is 288 g/mol. The first-order valence-electron chi connectivity index (χ1n) is 6.81. The van der Waals surface area contributed by atoms with Crippen LogP contribution in [0.1, 0.15) is 18.3 Å². The molecule has 6 heteroatoms. The molecule has 1 aliphatic rings. The van der Waals surface area contributed by atoms with Gasteiger partial charge in [-0.05, 0) is 25.0 Å². The Kier molecular flexibility index (Phi) is 4.33. The smallest absolute Gasteiger partial charge is 0.191 e. The van der Waals surface area contributed by atoms with Gasteiger partial charge in [0.25, 0.3) is 0 Å². The second kappa shape index (κ2) is 6.20. The maximum atomic E-state index is 5.68. The number of hydrogen-bond acceptors (Lipinski definition) is 5. The maximum absolute atomic E-state index is 5.68. The van der Waals surface area contributed by atoms with Gasteiger partial charge < -0.3 is 10.3 Å². The van der Waals surface area contributed by atoms with Gasteiger partial charge in [0.05, 0.1) is 6.54 Å². The normalized spacial score (nSPS) is 17.4. The van der Waals surface area contributed by atoms with Crippen molar-refractivity contribution in [1.82, 2.24) is 14.8 Å².